The van der Waals surface area contributed by atoms with Crippen molar-refractivity contribution in [3.8, 4) is 0 Å². The van der Waals surface area contributed by atoms with Gasteiger partial charge < -0.3 is 5.11 Å². The number of thiazole rings is 1. The normalized spacial score (nSPS) is 20.2. The average Bonchev–Trinajstić information content (AvgIpc) is 2.70. The van der Waals surface area contributed by atoms with Gasteiger partial charge in [-0.15, -0.1) is 11.3 Å². The molecule has 0 aliphatic carbocycles. The number of aromatic carboxylic acids is 1. The molecule has 94 valence electrons. The van der Waals surface area contributed by atoms with E-state index < -0.39 is 15.8 Å². The fraction of sp³-hybridized carbons (Fsp3) is 0.600. The molecule has 0 unspecified atom stereocenters. The van der Waals surface area contributed by atoms with Gasteiger partial charge in [-0.2, -0.15) is 0 Å². The second-order valence-corrected chi connectivity index (χ2v) is 7.48. The zero-order valence-electron chi connectivity index (χ0n) is 9.13. The zero-order chi connectivity index (χ0) is 12.5. The predicted molar refractivity (Wildman–Crippen MR) is 64.2 cm³/mol. The predicted octanol–water partition coefficient (Wildman–Crippen LogP) is 1.21. The molecule has 0 saturated carbocycles. The fourth-order valence-corrected chi connectivity index (χ4v) is 4.37. The van der Waals surface area contributed by atoms with E-state index in [1.165, 1.54) is 16.7 Å². The van der Waals surface area contributed by atoms with Crippen molar-refractivity contribution in [1.82, 2.24) is 4.98 Å². The van der Waals surface area contributed by atoms with Crippen LogP contribution in [-0.4, -0.2) is 36.0 Å². The number of carboxylic acid groups (broad SMARTS) is 1. The van der Waals surface area contributed by atoms with Gasteiger partial charge in [0.15, 0.2) is 5.69 Å². The van der Waals surface area contributed by atoms with Crippen molar-refractivity contribution in [2.75, 3.05) is 11.5 Å². The third-order valence-corrected chi connectivity index (χ3v) is 5.49. The lowest BCUT2D eigenvalue weighted by Crippen LogP contribution is -2.24. The van der Waals surface area contributed by atoms with Crippen molar-refractivity contribution in [2.45, 2.75) is 19.3 Å². The van der Waals surface area contributed by atoms with Gasteiger partial charge >= 0.3 is 5.97 Å². The molecule has 1 saturated heterocycles. The number of nitrogens with zero attached hydrogens (tertiary/aromatic N) is 1. The van der Waals surface area contributed by atoms with Crippen LogP contribution in [0.2, 0.25) is 0 Å². The molecule has 0 spiro atoms. The maximum Gasteiger partial charge on any atom is 0.355 e. The summed E-state index contributed by atoms with van der Waals surface area (Å²) < 4.78 is 22.5. The minimum atomic E-state index is -2.83. The lowest BCUT2D eigenvalue weighted by Gasteiger charge is -2.20. The first-order valence-corrected chi connectivity index (χ1v) is 8.04. The van der Waals surface area contributed by atoms with Crippen LogP contribution in [0.25, 0.3) is 0 Å². The SMILES string of the molecule is O=C(O)c1csc(CC2CCS(=O)(=O)CC2)n1. The Morgan fingerprint density at radius 2 is 2.12 bits per heavy atom. The second kappa shape index (κ2) is 4.73. The summed E-state index contributed by atoms with van der Waals surface area (Å²) in [5.41, 5.74) is 0.0773. The lowest BCUT2D eigenvalue weighted by molar-refractivity contribution is 0.0691. The quantitative estimate of drug-likeness (QED) is 0.896. The van der Waals surface area contributed by atoms with Crippen LogP contribution in [0.5, 0.6) is 0 Å². The van der Waals surface area contributed by atoms with Gasteiger partial charge in [0.25, 0.3) is 0 Å². The van der Waals surface area contributed by atoms with Crippen LogP contribution < -0.4 is 0 Å². The third-order valence-electron chi connectivity index (χ3n) is 2.91. The Balaban J connectivity index is 1.95. The van der Waals surface area contributed by atoms with E-state index in [0.29, 0.717) is 25.2 Å². The van der Waals surface area contributed by atoms with E-state index in [2.05, 4.69) is 4.98 Å². The molecule has 2 heterocycles. The Kier molecular flexibility index (Phi) is 3.48. The van der Waals surface area contributed by atoms with Crippen LogP contribution in [0.3, 0.4) is 0 Å². The highest BCUT2D eigenvalue weighted by Gasteiger charge is 2.24. The summed E-state index contributed by atoms with van der Waals surface area (Å²) in [6.45, 7) is 0. The van der Waals surface area contributed by atoms with Crippen molar-refractivity contribution in [2.24, 2.45) is 5.92 Å². The van der Waals surface area contributed by atoms with E-state index in [1.807, 2.05) is 0 Å². The van der Waals surface area contributed by atoms with Crippen LogP contribution >= 0.6 is 11.3 Å². The molecule has 0 amide bonds. The van der Waals surface area contributed by atoms with Gasteiger partial charge in [-0.3, -0.25) is 0 Å². The number of sulfone groups is 1. The van der Waals surface area contributed by atoms with E-state index in [-0.39, 0.29) is 17.2 Å². The number of rotatable bonds is 3. The Labute approximate surface area is 103 Å². The molecule has 7 heteroatoms. The molecule has 17 heavy (non-hydrogen) atoms. The molecular formula is C10H13NO4S2. The minimum absolute atomic E-state index is 0.0773. The molecule has 1 N–H and O–H groups in total. The van der Waals surface area contributed by atoms with Crippen molar-refractivity contribution < 1.29 is 18.3 Å². The molecule has 0 radical (unpaired) electrons. The summed E-state index contributed by atoms with van der Waals surface area (Å²) in [5.74, 6) is -0.214. The topological polar surface area (TPSA) is 84.3 Å². The van der Waals surface area contributed by atoms with Crippen molar-refractivity contribution in [3.63, 3.8) is 0 Å². The summed E-state index contributed by atoms with van der Waals surface area (Å²) in [5, 5.41) is 11.0. The standard InChI is InChI=1S/C10H13NO4S2/c12-10(13)8-6-16-9(11-8)5-7-1-3-17(14,15)4-2-7/h6-7H,1-5H2,(H,12,13). The summed E-state index contributed by atoms with van der Waals surface area (Å²) in [7, 11) is -2.83. The highest BCUT2D eigenvalue weighted by Crippen LogP contribution is 2.24. The fourth-order valence-electron chi connectivity index (χ4n) is 1.89. The maximum absolute atomic E-state index is 11.3. The summed E-state index contributed by atoms with van der Waals surface area (Å²) in [4.78, 5) is 14.7. The molecule has 0 bridgehead atoms. The molecule has 2 rings (SSSR count). The van der Waals surface area contributed by atoms with E-state index in [9.17, 15) is 13.2 Å². The summed E-state index contributed by atoms with van der Waals surface area (Å²) >= 11 is 1.33. The smallest absolute Gasteiger partial charge is 0.355 e. The first-order valence-electron chi connectivity index (χ1n) is 5.34. The van der Waals surface area contributed by atoms with Gasteiger partial charge in [0.1, 0.15) is 9.84 Å². The lowest BCUT2D eigenvalue weighted by atomic mass is 9.99. The van der Waals surface area contributed by atoms with Crippen LogP contribution in [0.1, 0.15) is 28.3 Å². The van der Waals surface area contributed by atoms with Gasteiger partial charge in [0.2, 0.25) is 0 Å². The van der Waals surface area contributed by atoms with E-state index in [1.54, 1.807) is 0 Å². The van der Waals surface area contributed by atoms with Crippen molar-refractivity contribution >= 4 is 27.1 Å². The molecule has 5 nitrogen and oxygen atoms in total. The van der Waals surface area contributed by atoms with Gasteiger partial charge in [0.05, 0.1) is 16.5 Å². The Morgan fingerprint density at radius 1 is 1.47 bits per heavy atom. The Hall–Kier alpha value is -0.950. The maximum atomic E-state index is 11.3. The van der Waals surface area contributed by atoms with Crippen LogP contribution in [0.15, 0.2) is 5.38 Å². The van der Waals surface area contributed by atoms with Crippen LogP contribution in [0, 0.1) is 5.92 Å². The van der Waals surface area contributed by atoms with Crippen LogP contribution in [-0.2, 0) is 16.3 Å². The highest BCUT2D eigenvalue weighted by atomic mass is 32.2. The van der Waals surface area contributed by atoms with Gasteiger partial charge in [-0.1, -0.05) is 0 Å². The molecule has 1 aromatic rings. The van der Waals surface area contributed by atoms with Crippen LogP contribution in [0.4, 0.5) is 0 Å². The molecule has 1 fully saturated rings. The Bertz CT molecular complexity index is 506. The number of aromatic nitrogens is 1. The van der Waals surface area contributed by atoms with E-state index in [0.717, 1.165) is 5.01 Å². The summed E-state index contributed by atoms with van der Waals surface area (Å²) in [6.07, 6.45) is 2.00. The molecule has 0 aromatic carbocycles. The monoisotopic (exact) mass is 275 g/mol. The zero-order valence-corrected chi connectivity index (χ0v) is 10.8. The molecular weight excluding hydrogens is 262 g/mol. The van der Waals surface area contributed by atoms with E-state index >= 15 is 0 Å². The minimum Gasteiger partial charge on any atom is -0.476 e. The molecule has 1 aromatic heterocycles. The van der Waals surface area contributed by atoms with Crippen molar-refractivity contribution in [1.29, 1.82) is 0 Å². The number of hydrogen-bond acceptors (Lipinski definition) is 5. The van der Waals surface area contributed by atoms with Gasteiger partial charge in [-0.25, -0.2) is 18.2 Å². The van der Waals surface area contributed by atoms with E-state index in [4.69, 9.17) is 5.11 Å². The van der Waals surface area contributed by atoms with Gasteiger partial charge in [0, 0.05) is 11.8 Å². The Morgan fingerprint density at radius 3 is 2.65 bits per heavy atom. The first-order chi connectivity index (χ1) is 7.96. The van der Waals surface area contributed by atoms with Gasteiger partial charge in [-0.05, 0) is 18.8 Å². The number of carbonyl (C=O) groups is 1. The second-order valence-electron chi connectivity index (χ2n) is 4.23. The number of hydrogen-bond donors (Lipinski definition) is 1. The highest BCUT2D eigenvalue weighted by molar-refractivity contribution is 7.91. The number of carboxylic acids is 1. The largest absolute Gasteiger partial charge is 0.476 e. The molecule has 1 aliphatic heterocycles. The average molecular weight is 275 g/mol. The molecule has 1 aliphatic rings. The third kappa shape index (κ3) is 3.26. The summed E-state index contributed by atoms with van der Waals surface area (Å²) in [6, 6.07) is 0. The van der Waals surface area contributed by atoms with Crippen molar-refractivity contribution in [3.05, 3.63) is 16.1 Å². The first kappa shape index (κ1) is 12.5. The molecule has 0 atom stereocenters.